The Hall–Kier alpha value is -2.85. The van der Waals surface area contributed by atoms with Crippen LogP contribution in [0, 0.1) is 0 Å². The summed E-state index contributed by atoms with van der Waals surface area (Å²) in [6.45, 7) is 2.53. The summed E-state index contributed by atoms with van der Waals surface area (Å²) >= 11 is 0. The van der Waals surface area contributed by atoms with Crippen molar-refractivity contribution in [1.29, 1.82) is 0 Å². The number of hydrogen-bond donors (Lipinski definition) is 0. The molecule has 2 heterocycles. The van der Waals surface area contributed by atoms with Gasteiger partial charge in [-0.15, -0.1) is 0 Å². The first-order chi connectivity index (χ1) is 14.3. The third-order valence-corrected chi connectivity index (χ3v) is 5.53. The number of ether oxygens (including phenoxy) is 2. The van der Waals surface area contributed by atoms with Crippen LogP contribution in [0.2, 0.25) is 0 Å². The van der Waals surface area contributed by atoms with Gasteiger partial charge in [0.1, 0.15) is 6.61 Å². The molecule has 4 heteroatoms. The number of likely N-dealkylation sites (tertiary alicyclic amines) is 1. The Morgan fingerprint density at radius 1 is 0.966 bits per heavy atom. The van der Waals surface area contributed by atoms with Gasteiger partial charge in [0.2, 0.25) is 0 Å². The van der Waals surface area contributed by atoms with Crippen molar-refractivity contribution in [1.82, 2.24) is 9.88 Å². The average Bonchev–Trinajstić information content (AvgIpc) is 2.79. The molecule has 1 aliphatic heterocycles. The zero-order valence-corrected chi connectivity index (χ0v) is 17.0. The molecule has 0 spiro atoms. The van der Waals surface area contributed by atoms with Crippen LogP contribution in [0.3, 0.4) is 0 Å². The monoisotopic (exact) mass is 388 g/mol. The molecule has 3 aromatic rings. The van der Waals surface area contributed by atoms with Gasteiger partial charge in [-0.2, -0.15) is 0 Å². The Labute approximate surface area is 173 Å². The summed E-state index contributed by atoms with van der Waals surface area (Å²) in [6, 6.07) is 21.1. The van der Waals surface area contributed by atoms with Crippen LogP contribution in [-0.4, -0.2) is 23.5 Å². The lowest BCUT2D eigenvalue weighted by Gasteiger charge is -2.36. The summed E-state index contributed by atoms with van der Waals surface area (Å²) in [5.41, 5.74) is 3.69. The molecule has 29 heavy (non-hydrogen) atoms. The van der Waals surface area contributed by atoms with Crippen LogP contribution in [-0.2, 0) is 13.2 Å². The quantitative estimate of drug-likeness (QED) is 0.543. The van der Waals surface area contributed by atoms with Crippen LogP contribution in [0.15, 0.2) is 73.1 Å². The SMILES string of the molecule is COc1ccc(CN2CCCC[C@H]2c2cccnc2)cc1OCc1ccccc1. The first-order valence-electron chi connectivity index (χ1n) is 10.3. The number of pyridine rings is 1. The Morgan fingerprint density at radius 3 is 2.66 bits per heavy atom. The van der Waals surface area contributed by atoms with Crippen LogP contribution in [0.25, 0.3) is 0 Å². The van der Waals surface area contributed by atoms with E-state index in [1.54, 1.807) is 7.11 Å². The van der Waals surface area contributed by atoms with E-state index in [0.717, 1.165) is 30.2 Å². The molecule has 1 fully saturated rings. The van der Waals surface area contributed by atoms with E-state index < -0.39 is 0 Å². The lowest BCUT2D eigenvalue weighted by molar-refractivity contribution is 0.140. The molecular formula is C25H28N2O2. The second kappa shape index (κ2) is 9.57. The third kappa shape index (κ3) is 4.96. The van der Waals surface area contributed by atoms with E-state index in [0.29, 0.717) is 12.6 Å². The topological polar surface area (TPSA) is 34.6 Å². The van der Waals surface area contributed by atoms with Crippen LogP contribution >= 0.6 is 0 Å². The number of aromatic nitrogens is 1. The first-order valence-corrected chi connectivity index (χ1v) is 10.3. The van der Waals surface area contributed by atoms with Crippen molar-refractivity contribution in [3.63, 3.8) is 0 Å². The molecule has 0 N–H and O–H groups in total. The maximum Gasteiger partial charge on any atom is 0.161 e. The predicted octanol–water partition coefficient (Wildman–Crippen LogP) is 5.40. The highest BCUT2D eigenvalue weighted by Gasteiger charge is 2.24. The minimum atomic E-state index is 0.424. The Bertz CT molecular complexity index is 899. The maximum absolute atomic E-state index is 6.10. The molecule has 1 aliphatic rings. The van der Waals surface area contributed by atoms with Crippen LogP contribution in [0.1, 0.15) is 42.0 Å². The number of benzene rings is 2. The zero-order valence-electron chi connectivity index (χ0n) is 17.0. The van der Waals surface area contributed by atoms with E-state index in [1.165, 1.54) is 30.4 Å². The number of piperidine rings is 1. The molecular weight excluding hydrogens is 360 g/mol. The highest BCUT2D eigenvalue weighted by atomic mass is 16.5. The normalized spacial score (nSPS) is 17.1. The summed E-state index contributed by atoms with van der Waals surface area (Å²) in [7, 11) is 1.69. The zero-order chi connectivity index (χ0) is 19.9. The molecule has 1 saturated heterocycles. The van der Waals surface area contributed by atoms with Gasteiger partial charge in [0.25, 0.3) is 0 Å². The highest BCUT2D eigenvalue weighted by Crippen LogP contribution is 2.34. The standard InChI is InChI=1S/C25H28N2O2/c1-28-24-13-12-21(16-25(24)29-19-20-8-3-2-4-9-20)18-27-15-6-5-11-23(27)22-10-7-14-26-17-22/h2-4,7-10,12-14,16-17,23H,5-6,11,15,18-19H2,1H3/t23-/m0/s1. The van der Waals surface area contributed by atoms with Crippen molar-refractivity contribution in [2.45, 2.75) is 38.5 Å². The van der Waals surface area contributed by atoms with Gasteiger partial charge < -0.3 is 9.47 Å². The van der Waals surface area contributed by atoms with Crippen molar-refractivity contribution in [2.75, 3.05) is 13.7 Å². The number of methoxy groups -OCH3 is 1. The maximum atomic E-state index is 6.10. The van der Waals surface area contributed by atoms with Gasteiger partial charge in [-0.25, -0.2) is 0 Å². The van der Waals surface area contributed by atoms with E-state index >= 15 is 0 Å². The first kappa shape index (κ1) is 19.5. The van der Waals surface area contributed by atoms with Gasteiger partial charge in [0, 0.05) is 25.0 Å². The second-order valence-corrected chi connectivity index (χ2v) is 7.53. The van der Waals surface area contributed by atoms with Gasteiger partial charge in [-0.3, -0.25) is 9.88 Å². The molecule has 2 aromatic carbocycles. The summed E-state index contributed by atoms with van der Waals surface area (Å²) in [5.74, 6) is 1.57. The van der Waals surface area contributed by atoms with Crippen molar-refractivity contribution < 1.29 is 9.47 Å². The van der Waals surface area contributed by atoms with Crippen molar-refractivity contribution >= 4 is 0 Å². The fourth-order valence-corrected chi connectivity index (χ4v) is 4.03. The van der Waals surface area contributed by atoms with E-state index in [-0.39, 0.29) is 0 Å². The van der Waals surface area contributed by atoms with Gasteiger partial charge in [0.05, 0.1) is 7.11 Å². The molecule has 1 atom stereocenters. The van der Waals surface area contributed by atoms with Crippen LogP contribution in [0.4, 0.5) is 0 Å². The molecule has 0 aliphatic carbocycles. The Kier molecular flexibility index (Phi) is 6.42. The van der Waals surface area contributed by atoms with Crippen LogP contribution in [0.5, 0.6) is 11.5 Å². The molecule has 0 radical (unpaired) electrons. The largest absolute Gasteiger partial charge is 0.493 e. The van der Waals surface area contributed by atoms with Crippen molar-refractivity contribution in [2.24, 2.45) is 0 Å². The molecule has 1 aromatic heterocycles. The Morgan fingerprint density at radius 2 is 1.86 bits per heavy atom. The van der Waals surface area contributed by atoms with E-state index in [1.807, 2.05) is 42.7 Å². The van der Waals surface area contributed by atoms with E-state index in [2.05, 4.69) is 40.2 Å². The minimum absolute atomic E-state index is 0.424. The summed E-state index contributed by atoms with van der Waals surface area (Å²) in [4.78, 5) is 6.89. The predicted molar refractivity (Wildman–Crippen MR) is 115 cm³/mol. The summed E-state index contributed by atoms with van der Waals surface area (Å²) in [6.07, 6.45) is 7.54. The smallest absolute Gasteiger partial charge is 0.161 e. The molecule has 0 bridgehead atoms. The van der Waals surface area contributed by atoms with Gasteiger partial charge in [0.15, 0.2) is 11.5 Å². The van der Waals surface area contributed by atoms with Crippen molar-refractivity contribution in [3.05, 3.63) is 89.7 Å². The summed E-state index contributed by atoms with van der Waals surface area (Å²) in [5, 5.41) is 0. The minimum Gasteiger partial charge on any atom is -0.493 e. The number of hydrogen-bond acceptors (Lipinski definition) is 4. The van der Waals surface area contributed by atoms with Gasteiger partial charge in [-0.05, 0) is 54.3 Å². The van der Waals surface area contributed by atoms with Crippen molar-refractivity contribution in [3.8, 4) is 11.5 Å². The molecule has 0 amide bonds. The summed E-state index contributed by atoms with van der Waals surface area (Å²) < 4.78 is 11.6. The van der Waals surface area contributed by atoms with E-state index in [9.17, 15) is 0 Å². The lowest BCUT2D eigenvalue weighted by atomic mass is 9.95. The average molecular weight is 389 g/mol. The molecule has 0 unspecified atom stereocenters. The fraction of sp³-hybridized carbons (Fsp3) is 0.320. The van der Waals surface area contributed by atoms with Gasteiger partial charge >= 0.3 is 0 Å². The molecule has 4 rings (SSSR count). The second-order valence-electron chi connectivity index (χ2n) is 7.53. The van der Waals surface area contributed by atoms with E-state index in [4.69, 9.17) is 9.47 Å². The Balaban J connectivity index is 1.50. The highest BCUT2D eigenvalue weighted by molar-refractivity contribution is 5.43. The van der Waals surface area contributed by atoms with Crippen LogP contribution < -0.4 is 9.47 Å². The molecule has 150 valence electrons. The lowest BCUT2D eigenvalue weighted by Crippen LogP contribution is -2.33. The number of nitrogens with zero attached hydrogens (tertiary/aromatic N) is 2. The fourth-order valence-electron chi connectivity index (χ4n) is 4.03. The molecule has 0 saturated carbocycles. The third-order valence-electron chi connectivity index (χ3n) is 5.53. The number of rotatable bonds is 7. The van der Waals surface area contributed by atoms with Gasteiger partial charge in [-0.1, -0.05) is 48.9 Å². The molecule has 4 nitrogen and oxygen atoms in total.